The molecule has 0 bridgehead atoms. The summed E-state index contributed by atoms with van der Waals surface area (Å²) < 4.78 is 36.7. The molecule has 1 saturated carbocycles. The molecule has 3 atom stereocenters. The van der Waals surface area contributed by atoms with Gasteiger partial charge in [0.25, 0.3) is 0 Å². The van der Waals surface area contributed by atoms with E-state index in [-0.39, 0.29) is 24.1 Å². The molecule has 0 aliphatic heterocycles. The molecule has 0 aromatic rings. The molecule has 72 valence electrons. The van der Waals surface area contributed by atoms with Crippen LogP contribution in [-0.4, -0.2) is 11.6 Å². The summed E-state index contributed by atoms with van der Waals surface area (Å²) >= 11 is 5.71. The van der Waals surface area contributed by atoms with Crippen molar-refractivity contribution in [1.29, 1.82) is 0 Å². The summed E-state index contributed by atoms with van der Waals surface area (Å²) in [4.78, 5) is 0. The number of rotatable bonds is 0. The first-order chi connectivity index (χ1) is 5.39. The van der Waals surface area contributed by atoms with Crippen molar-refractivity contribution in [3.05, 3.63) is 0 Å². The molecule has 3 unspecified atom stereocenters. The van der Waals surface area contributed by atoms with Crippen molar-refractivity contribution in [2.45, 2.75) is 37.7 Å². The van der Waals surface area contributed by atoms with Gasteiger partial charge in [-0.25, -0.2) is 0 Å². The van der Waals surface area contributed by atoms with E-state index in [2.05, 4.69) is 0 Å². The molecule has 4 heteroatoms. The fourth-order valence-corrected chi connectivity index (χ4v) is 2.31. The molecule has 1 aliphatic rings. The smallest absolute Gasteiger partial charge is 0.171 e. The summed E-state index contributed by atoms with van der Waals surface area (Å²) in [5.41, 5.74) is 0. The highest BCUT2D eigenvalue weighted by atomic mass is 35.5. The SMILES string of the molecule is CC1CC(Cl)CC(C(F)(F)F)C1. The highest BCUT2D eigenvalue weighted by molar-refractivity contribution is 6.20. The maximum Gasteiger partial charge on any atom is 0.391 e. The largest absolute Gasteiger partial charge is 0.391 e. The van der Waals surface area contributed by atoms with Gasteiger partial charge in [-0.2, -0.15) is 13.2 Å². The van der Waals surface area contributed by atoms with E-state index in [4.69, 9.17) is 11.6 Å². The van der Waals surface area contributed by atoms with Crippen LogP contribution in [-0.2, 0) is 0 Å². The molecule has 0 amide bonds. The monoisotopic (exact) mass is 200 g/mol. The van der Waals surface area contributed by atoms with E-state index < -0.39 is 12.1 Å². The fourth-order valence-electron chi connectivity index (χ4n) is 1.79. The van der Waals surface area contributed by atoms with Crippen molar-refractivity contribution >= 4 is 11.6 Å². The Bertz CT molecular complexity index is 145. The highest BCUT2D eigenvalue weighted by Gasteiger charge is 2.43. The van der Waals surface area contributed by atoms with Crippen LogP contribution in [0.2, 0.25) is 0 Å². The second-order valence-corrected chi connectivity index (χ2v) is 4.27. The average molecular weight is 201 g/mol. The molecule has 0 saturated heterocycles. The summed E-state index contributed by atoms with van der Waals surface area (Å²) in [6.07, 6.45) is -3.00. The minimum atomic E-state index is -4.05. The first kappa shape index (κ1) is 10.2. The van der Waals surface area contributed by atoms with Gasteiger partial charge in [0.05, 0.1) is 5.92 Å². The Hall–Kier alpha value is 0.0800. The average Bonchev–Trinajstić information content (AvgIpc) is 1.82. The van der Waals surface area contributed by atoms with Crippen LogP contribution in [0.1, 0.15) is 26.2 Å². The van der Waals surface area contributed by atoms with Crippen LogP contribution < -0.4 is 0 Å². The summed E-state index contributed by atoms with van der Waals surface area (Å²) in [6.45, 7) is 1.83. The molecule has 0 radical (unpaired) electrons. The van der Waals surface area contributed by atoms with E-state index in [0.29, 0.717) is 6.42 Å². The molecule has 0 spiro atoms. The lowest BCUT2D eigenvalue weighted by atomic mass is 9.82. The lowest BCUT2D eigenvalue weighted by Gasteiger charge is -2.31. The quantitative estimate of drug-likeness (QED) is 0.525. The molecule has 0 aromatic carbocycles. The normalized spacial score (nSPS) is 38.2. The predicted molar refractivity (Wildman–Crippen MR) is 42.2 cm³/mol. The first-order valence-electron chi connectivity index (χ1n) is 4.10. The maximum absolute atomic E-state index is 12.2. The molecule has 0 N–H and O–H groups in total. The third-order valence-corrected chi connectivity index (χ3v) is 2.70. The topological polar surface area (TPSA) is 0 Å². The van der Waals surface area contributed by atoms with Gasteiger partial charge in [-0.15, -0.1) is 11.6 Å². The molecule has 0 heterocycles. The van der Waals surface area contributed by atoms with Gasteiger partial charge in [-0.1, -0.05) is 6.92 Å². The number of alkyl halides is 4. The number of hydrogen-bond acceptors (Lipinski definition) is 0. The van der Waals surface area contributed by atoms with E-state index in [1.165, 1.54) is 0 Å². The van der Waals surface area contributed by atoms with Gasteiger partial charge in [0, 0.05) is 5.38 Å². The van der Waals surface area contributed by atoms with E-state index in [9.17, 15) is 13.2 Å². The second-order valence-electron chi connectivity index (χ2n) is 3.65. The first-order valence-corrected chi connectivity index (χ1v) is 4.54. The van der Waals surface area contributed by atoms with Crippen LogP contribution in [0.4, 0.5) is 13.2 Å². The zero-order valence-corrected chi connectivity index (χ0v) is 7.62. The molecule has 0 aromatic heterocycles. The minimum absolute atomic E-state index is 0.0927. The Balaban J connectivity index is 2.55. The summed E-state index contributed by atoms with van der Waals surface area (Å²) in [5.74, 6) is -1.07. The second kappa shape index (κ2) is 3.44. The van der Waals surface area contributed by atoms with E-state index in [0.717, 1.165) is 0 Å². The predicted octanol–water partition coefficient (Wildman–Crippen LogP) is 3.59. The highest BCUT2D eigenvalue weighted by Crippen LogP contribution is 2.41. The maximum atomic E-state index is 12.2. The van der Waals surface area contributed by atoms with Gasteiger partial charge in [-0.3, -0.25) is 0 Å². The van der Waals surface area contributed by atoms with Crippen LogP contribution in [0.5, 0.6) is 0 Å². The Morgan fingerprint density at radius 1 is 1.17 bits per heavy atom. The molecule has 1 fully saturated rings. The van der Waals surface area contributed by atoms with Gasteiger partial charge < -0.3 is 0 Å². The van der Waals surface area contributed by atoms with Crippen molar-refractivity contribution in [1.82, 2.24) is 0 Å². The van der Waals surface area contributed by atoms with Gasteiger partial charge in [0.2, 0.25) is 0 Å². The van der Waals surface area contributed by atoms with Crippen molar-refractivity contribution in [3.63, 3.8) is 0 Å². The molecule has 1 aliphatic carbocycles. The van der Waals surface area contributed by atoms with Gasteiger partial charge >= 0.3 is 6.18 Å². The van der Waals surface area contributed by atoms with E-state index in [1.54, 1.807) is 0 Å². The molecule has 0 nitrogen and oxygen atoms in total. The molecule has 12 heavy (non-hydrogen) atoms. The number of halogens is 4. The van der Waals surface area contributed by atoms with Crippen molar-refractivity contribution in [2.75, 3.05) is 0 Å². The Kier molecular flexibility index (Phi) is 2.92. The third-order valence-electron chi connectivity index (χ3n) is 2.35. The van der Waals surface area contributed by atoms with Gasteiger partial charge in [0.1, 0.15) is 0 Å². The van der Waals surface area contributed by atoms with Crippen LogP contribution in [0.25, 0.3) is 0 Å². The summed E-state index contributed by atoms with van der Waals surface area (Å²) in [6, 6.07) is 0. The van der Waals surface area contributed by atoms with Crippen LogP contribution in [0, 0.1) is 11.8 Å². The van der Waals surface area contributed by atoms with Crippen molar-refractivity contribution < 1.29 is 13.2 Å². The standard InChI is InChI=1S/C8H12ClF3/c1-5-2-6(8(10,11)12)4-7(9)3-5/h5-7H,2-4H2,1H3. The Labute approximate surface area is 75.1 Å². The van der Waals surface area contributed by atoms with Crippen LogP contribution in [0.3, 0.4) is 0 Å². The van der Waals surface area contributed by atoms with E-state index in [1.807, 2.05) is 6.92 Å². The van der Waals surface area contributed by atoms with Gasteiger partial charge in [-0.05, 0) is 25.2 Å². The lowest BCUT2D eigenvalue weighted by molar-refractivity contribution is -0.184. The summed E-state index contributed by atoms with van der Waals surface area (Å²) in [5, 5.41) is -0.291. The Morgan fingerprint density at radius 3 is 2.17 bits per heavy atom. The van der Waals surface area contributed by atoms with Crippen molar-refractivity contribution in [2.24, 2.45) is 11.8 Å². The third kappa shape index (κ3) is 2.54. The van der Waals surface area contributed by atoms with Crippen LogP contribution in [0.15, 0.2) is 0 Å². The molecule has 1 rings (SSSR count). The molecular weight excluding hydrogens is 189 g/mol. The van der Waals surface area contributed by atoms with E-state index >= 15 is 0 Å². The fraction of sp³-hybridized carbons (Fsp3) is 1.00. The minimum Gasteiger partial charge on any atom is -0.171 e. The zero-order chi connectivity index (χ0) is 9.35. The zero-order valence-electron chi connectivity index (χ0n) is 6.87. The van der Waals surface area contributed by atoms with Gasteiger partial charge in [0.15, 0.2) is 0 Å². The lowest BCUT2D eigenvalue weighted by Crippen LogP contribution is -2.32. The van der Waals surface area contributed by atoms with Crippen molar-refractivity contribution in [3.8, 4) is 0 Å². The summed E-state index contributed by atoms with van der Waals surface area (Å²) in [7, 11) is 0. The van der Waals surface area contributed by atoms with Crippen LogP contribution >= 0.6 is 11.6 Å². The molecular formula is C8H12ClF3. The number of hydrogen-bond donors (Lipinski definition) is 0. The Morgan fingerprint density at radius 2 is 1.75 bits per heavy atom.